The molecule has 2 nitrogen and oxygen atoms in total. The van der Waals surface area contributed by atoms with E-state index in [0.29, 0.717) is 5.69 Å². The third-order valence-corrected chi connectivity index (χ3v) is 5.27. The van der Waals surface area contributed by atoms with Gasteiger partial charge in [-0.2, -0.15) is 13.2 Å². The highest BCUT2D eigenvalue weighted by Crippen LogP contribution is 2.34. The topological polar surface area (TPSA) is 20.3 Å². The Morgan fingerprint density at radius 2 is 1.89 bits per heavy atom. The predicted octanol–water partition coefficient (Wildman–Crippen LogP) is 6.21. The van der Waals surface area contributed by atoms with Crippen LogP contribution in [0.1, 0.15) is 43.2 Å². The van der Waals surface area contributed by atoms with Crippen LogP contribution in [0.15, 0.2) is 36.4 Å². The molecule has 1 aliphatic rings. The lowest BCUT2D eigenvalue weighted by molar-refractivity contribution is -0.138. The predicted molar refractivity (Wildman–Crippen MR) is 99.8 cm³/mol. The number of carbonyl (C=O) groups excluding carboxylic acids is 1. The second kappa shape index (κ2) is 8.52. The summed E-state index contributed by atoms with van der Waals surface area (Å²) in [6.07, 6.45) is -0.725. The van der Waals surface area contributed by atoms with E-state index in [1.165, 1.54) is 29.2 Å². The molecule has 0 saturated heterocycles. The van der Waals surface area contributed by atoms with Crippen molar-refractivity contribution in [3.8, 4) is 0 Å². The molecule has 0 spiro atoms. The van der Waals surface area contributed by atoms with E-state index in [0.717, 1.165) is 44.2 Å². The van der Waals surface area contributed by atoms with E-state index in [-0.39, 0.29) is 16.6 Å². The number of nitrogens with zero attached hydrogens (tertiary/aromatic N) is 1. The van der Waals surface area contributed by atoms with Gasteiger partial charge in [0.05, 0.1) is 17.0 Å². The van der Waals surface area contributed by atoms with Crippen LogP contribution in [0.5, 0.6) is 0 Å². The Morgan fingerprint density at radius 1 is 1.18 bits per heavy atom. The van der Waals surface area contributed by atoms with Crippen LogP contribution in [0.3, 0.4) is 0 Å². The fraction of sp³-hybridized carbons (Fsp3) is 0.381. The van der Waals surface area contributed by atoms with Crippen molar-refractivity contribution in [1.29, 1.82) is 0 Å². The van der Waals surface area contributed by atoms with Crippen LogP contribution in [-0.2, 0) is 17.4 Å². The largest absolute Gasteiger partial charge is 0.416 e. The molecule has 1 amide bonds. The van der Waals surface area contributed by atoms with E-state index in [1.54, 1.807) is 0 Å². The minimum absolute atomic E-state index is 0.0736. The third-order valence-electron chi connectivity index (χ3n) is 4.97. The van der Waals surface area contributed by atoms with Crippen LogP contribution in [0.2, 0.25) is 5.02 Å². The molecular formula is C21H19ClF4NO. The van der Waals surface area contributed by atoms with Gasteiger partial charge < -0.3 is 4.90 Å². The Kier molecular flexibility index (Phi) is 6.28. The van der Waals surface area contributed by atoms with E-state index >= 15 is 0 Å². The number of hydrogen-bond donors (Lipinski definition) is 0. The lowest BCUT2D eigenvalue weighted by Gasteiger charge is -2.35. The van der Waals surface area contributed by atoms with E-state index < -0.39 is 29.9 Å². The van der Waals surface area contributed by atoms with Gasteiger partial charge in [0.25, 0.3) is 0 Å². The van der Waals surface area contributed by atoms with Gasteiger partial charge in [-0.1, -0.05) is 43.0 Å². The maximum Gasteiger partial charge on any atom is 0.416 e. The van der Waals surface area contributed by atoms with Crippen molar-refractivity contribution in [3.05, 3.63) is 64.4 Å². The molecule has 3 rings (SSSR count). The molecule has 7 heteroatoms. The van der Waals surface area contributed by atoms with Gasteiger partial charge in [-0.15, -0.1) is 0 Å². The number of hydrogen-bond acceptors (Lipinski definition) is 1. The van der Waals surface area contributed by atoms with Crippen molar-refractivity contribution in [2.45, 2.75) is 50.7 Å². The average molecular weight is 413 g/mol. The Bertz CT molecular complexity index is 847. The molecule has 0 N–H and O–H groups in total. The van der Waals surface area contributed by atoms with Gasteiger partial charge >= 0.3 is 6.18 Å². The number of benzene rings is 2. The minimum Gasteiger partial charge on any atom is -0.309 e. The van der Waals surface area contributed by atoms with Gasteiger partial charge in [0.1, 0.15) is 5.82 Å². The Labute approximate surface area is 166 Å². The number of amides is 1. The summed E-state index contributed by atoms with van der Waals surface area (Å²) >= 11 is 5.74. The lowest BCUT2D eigenvalue weighted by atomic mass is 9.93. The smallest absolute Gasteiger partial charge is 0.309 e. The molecule has 0 aliphatic heterocycles. The zero-order valence-corrected chi connectivity index (χ0v) is 15.8. The van der Waals surface area contributed by atoms with Crippen LogP contribution < -0.4 is 4.90 Å². The number of alkyl halides is 3. The summed E-state index contributed by atoms with van der Waals surface area (Å²) in [4.78, 5) is 14.5. The molecule has 1 saturated carbocycles. The second-order valence-corrected chi connectivity index (χ2v) is 7.30. The number of carbonyl (C=O) groups is 1. The van der Waals surface area contributed by atoms with E-state index in [9.17, 15) is 22.4 Å². The average Bonchev–Trinajstić information content (AvgIpc) is 2.65. The van der Waals surface area contributed by atoms with Gasteiger partial charge in [0.15, 0.2) is 0 Å². The van der Waals surface area contributed by atoms with Gasteiger partial charge in [-0.3, -0.25) is 4.79 Å². The summed E-state index contributed by atoms with van der Waals surface area (Å²) in [7, 11) is 0. The van der Waals surface area contributed by atoms with E-state index in [1.807, 2.05) is 0 Å². The fourth-order valence-corrected chi connectivity index (χ4v) is 3.77. The molecule has 0 bridgehead atoms. The first-order chi connectivity index (χ1) is 13.3. The normalized spacial score (nSPS) is 15.5. The molecule has 28 heavy (non-hydrogen) atoms. The molecule has 149 valence electrons. The maximum absolute atomic E-state index is 14.0. The zero-order chi connectivity index (χ0) is 20.3. The molecule has 0 unspecified atom stereocenters. The van der Waals surface area contributed by atoms with E-state index in [2.05, 4.69) is 6.07 Å². The second-order valence-electron chi connectivity index (χ2n) is 6.89. The van der Waals surface area contributed by atoms with Crippen molar-refractivity contribution < 1.29 is 22.4 Å². The lowest BCUT2D eigenvalue weighted by Crippen LogP contribution is -2.42. The van der Waals surface area contributed by atoms with Crippen molar-refractivity contribution in [1.82, 2.24) is 0 Å². The molecule has 1 fully saturated rings. The van der Waals surface area contributed by atoms with Crippen LogP contribution >= 0.6 is 11.6 Å². The number of halogens is 5. The quantitative estimate of drug-likeness (QED) is 0.547. The van der Waals surface area contributed by atoms with Crippen molar-refractivity contribution in [3.63, 3.8) is 0 Å². The van der Waals surface area contributed by atoms with E-state index in [4.69, 9.17) is 11.6 Å². The van der Waals surface area contributed by atoms with Gasteiger partial charge in [-0.25, -0.2) is 4.39 Å². The molecule has 0 aromatic heterocycles. The highest BCUT2D eigenvalue weighted by Gasteiger charge is 2.35. The highest BCUT2D eigenvalue weighted by atomic mass is 35.5. The van der Waals surface area contributed by atoms with Crippen LogP contribution in [0.4, 0.5) is 23.2 Å². The summed E-state index contributed by atoms with van der Waals surface area (Å²) in [5.41, 5.74) is -0.784. The summed E-state index contributed by atoms with van der Waals surface area (Å²) in [6.45, 7) is 0. The number of rotatable bonds is 4. The van der Waals surface area contributed by atoms with Gasteiger partial charge in [0, 0.05) is 11.7 Å². The molecule has 0 atom stereocenters. The summed E-state index contributed by atoms with van der Waals surface area (Å²) < 4.78 is 53.8. The summed E-state index contributed by atoms with van der Waals surface area (Å²) in [5, 5.41) is -0.0736. The van der Waals surface area contributed by atoms with Crippen molar-refractivity contribution in [2.24, 2.45) is 0 Å². The minimum atomic E-state index is -4.57. The molecule has 2 aromatic carbocycles. The molecular weight excluding hydrogens is 394 g/mol. The molecule has 1 radical (unpaired) electrons. The zero-order valence-electron chi connectivity index (χ0n) is 15.0. The van der Waals surface area contributed by atoms with Gasteiger partial charge in [-0.05, 0) is 48.7 Å². The Hall–Kier alpha value is -2.08. The first kappa shape index (κ1) is 20.6. The maximum atomic E-state index is 14.0. The Balaban J connectivity index is 1.94. The summed E-state index contributed by atoms with van der Waals surface area (Å²) in [6, 6.07) is 9.93. The first-order valence-electron chi connectivity index (χ1n) is 9.11. The fourth-order valence-electron chi connectivity index (χ4n) is 3.65. The third kappa shape index (κ3) is 4.66. The summed E-state index contributed by atoms with van der Waals surface area (Å²) in [5.74, 6) is -1.18. The SMILES string of the molecule is O=C(Cc1[c]cccc1C(F)(F)F)N(c1ccc(Cl)c(F)c1)C1CCCCC1. The molecule has 0 heterocycles. The van der Waals surface area contributed by atoms with Crippen LogP contribution in [0.25, 0.3) is 0 Å². The van der Waals surface area contributed by atoms with Crippen LogP contribution in [0, 0.1) is 11.9 Å². The van der Waals surface area contributed by atoms with Crippen LogP contribution in [-0.4, -0.2) is 11.9 Å². The van der Waals surface area contributed by atoms with Crippen molar-refractivity contribution >= 4 is 23.2 Å². The Morgan fingerprint density at radius 3 is 2.54 bits per heavy atom. The number of anilines is 1. The first-order valence-corrected chi connectivity index (χ1v) is 9.49. The monoisotopic (exact) mass is 412 g/mol. The standard InChI is InChI=1S/C21H19ClF4NO/c22-18-11-10-16(13-19(18)23)27(15-7-2-1-3-8-15)20(28)12-14-6-4-5-9-17(14)21(24,25)26/h4-5,9-11,13,15H,1-3,7-8,12H2. The highest BCUT2D eigenvalue weighted by molar-refractivity contribution is 6.30. The molecule has 1 aliphatic carbocycles. The van der Waals surface area contributed by atoms with Gasteiger partial charge in [0.2, 0.25) is 5.91 Å². The van der Waals surface area contributed by atoms with Crippen molar-refractivity contribution in [2.75, 3.05) is 4.90 Å². The molecule has 2 aromatic rings.